The highest BCUT2D eigenvalue weighted by atomic mass is 16.5. The molecule has 8 nitrogen and oxygen atoms in total. The van der Waals surface area contributed by atoms with Gasteiger partial charge >= 0.3 is 0 Å². The van der Waals surface area contributed by atoms with Gasteiger partial charge in [0.25, 0.3) is 0 Å². The molecule has 8 heteroatoms. The third-order valence-corrected chi connectivity index (χ3v) is 4.62. The van der Waals surface area contributed by atoms with E-state index >= 15 is 0 Å². The highest BCUT2D eigenvalue weighted by Gasteiger charge is 2.20. The third kappa shape index (κ3) is 3.58. The van der Waals surface area contributed by atoms with Crippen molar-refractivity contribution in [2.45, 2.75) is 19.3 Å². The molecule has 0 fully saturated rings. The van der Waals surface area contributed by atoms with Crippen molar-refractivity contribution in [2.24, 2.45) is 0 Å². The van der Waals surface area contributed by atoms with Gasteiger partial charge in [0, 0.05) is 24.0 Å². The summed E-state index contributed by atoms with van der Waals surface area (Å²) in [5.74, 6) is 0.974. The monoisotopic (exact) mass is 385 g/mol. The first-order valence-corrected chi connectivity index (χ1v) is 9.01. The van der Waals surface area contributed by atoms with E-state index in [1.165, 1.54) is 0 Å². The zero-order chi connectivity index (χ0) is 20.4. The Bertz CT molecular complexity index is 1190. The van der Waals surface area contributed by atoms with Gasteiger partial charge in [0.2, 0.25) is 11.8 Å². The molecule has 3 aromatic heterocycles. The van der Waals surface area contributed by atoms with Crippen LogP contribution in [0, 0.1) is 11.3 Å². The van der Waals surface area contributed by atoms with E-state index in [1.807, 2.05) is 44.2 Å². The van der Waals surface area contributed by atoms with Gasteiger partial charge in [-0.05, 0) is 25.5 Å². The first-order chi connectivity index (χ1) is 14.0. The summed E-state index contributed by atoms with van der Waals surface area (Å²) in [7, 11) is 1.57. The second-order valence-electron chi connectivity index (χ2n) is 7.01. The van der Waals surface area contributed by atoms with Crippen LogP contribution in [0.15, 0.2) is 55.0 Å². The van der Waals surface area contributed by atoms with E-state index in [2.05, 4.69) is 31.4 Å². The van der Waals surface area contributed by atoms with Gasteiger partial charge in [-0.2, -0.15) is 10.2 Å². The summed E-state index contributed by atoms with van der Waals surface area (Å²) in [4.78, 5) is 13.2. The molecule has 0 amide bonds. The molecule has 144 valence electrons. The SMILES string of the molecule is COc1ccc(Nc2nc3c(-c4ccc(C(C)(C)C#N)cc4)nccn3n2)cn1. The van der Waals surface area contributed by atoms with Crippen LogP contribution in [0.3, 0.4) is 0 Å². The van der Waals surface area contributed by atoms with Crippen molar-refractivity contribution >= 4 is 17.3 Å². The molecule has 0 bridgehead atoms. The average Bonchev–Trinajstić information content (AvgIpc) is 3.17. The minimum Gasteiger partial charge on any atom is -0.481 e. The fourth-order valence-electron chi connectivity index (χ4n) is 2.89. The Kier molecular flexibility index (Phi) is 4.56. The van der Waals surface area contributed by atoms with Crippen LogP contribution >= 0.6 is 0 Å². The van der Waals surface area contributed by atoms with Crippen molar-refractivity contribution in [3.05, 3.63) is 60.6 Å². The van der Waals surface area contributed by atoms with Crippen LogP contribution in [0.25, 0.3) is 16.9 Å². The summed E-state index contributed by atoms with van der Waals surface area (Å²) >= 11 is 0. The molecular formula is C21H19N7O. The quantitative estimate of drug-likeness (QED) is 0.558. The second kappa shape index (κ2) is 7.20. The number of nitrogens with one attached hydrogen (secondary N) is 1. The van der Waals surface area contributed by atoms with Crippen molar-refractivity contribution in [3.8, 4) is 23.2 Å². The predicted molar refractivity (Wildman–Crippen MR) is 109 cm³/mol. The first kappa shape index (κ1) is 18.4. The van der Waals surface area contributed by atoms with E-state index in [1.54, 1.807) is 36.3 Å². The van der Waals surface area contributed by atoms with Crippen molar-refractivity contribution in [3.63, 3.8) is 0 Å². The van der Waals surface area contributed by atoms with Gasteiger partial charge in [0.1, 0.15) is 5.69 Å². The Hall–Kier alpha value is -3.99. The molecule has 0 aliphatic heterocycles. The maximum Gasteiger partial charge on any atom is 0.247 e. The molecule has 0 saturated carbocycles. The molecular weight excluding hydrogens is 366 g/mol. The van der Waals surface area contributed by atoms with Crippen molar-refractivity contribution in [2.75, 3.05) is 12.4 Å². The van der Waals surface area contributed by atoms with Crippen molar-refractivity contribution in [1.82, 2.24) is 24.6 Å². The number of anilines is 2. The lowest BCUT2D eigenvalue weighted by molar-refractivity contribution is 0.398. The summed E-state index contributed by atoms with van der Waals surface area (Å²) in [6, 6.07) is 13.7. The first-order valence-electron chi connectivity index (χ1n) is 9.01. The summed E-state index contributed by atoms with van der Waals surface area (Å²) in [6.07, 6.45) is 5.08. The van der Waals surface area contributed by atoms with Gasteiger partial charge in [-0.3, -0.25) is 4.98 Å². The second-order valence-corrected chi connectivity index (χ2v) is 7.01. The normalized spacial score (nSPS) is 11.2. The van der Waals surface area contributed by atoms with E-state index in [4.69, 9.17) is 4.74 Å². The lowest BCUT2D eigenvalue weighted by Crippen LogP contribution is -2.13. The lowest BCUT2D eigenvalue weighted by Gasteiger charge is -2.15. The molecule has 0 radical (unpaired) electrons. The highest BCUT2D eigenvalue weighted by molar-refractivity contribution is 5.74. The zero-order valence-corrected chi connectivity index (χ0v) is 16.3. The van der Waals surface area contributed by atoms with E-state index in [9.17, 15) is 5.26 Å². The number of ether oxygens (including phenoxy) is 1. The minimum atomic E-state index is -0.545. The van der Waals surface area contributed by atoms with Crippen LogP contribution < -0.4 is 10.1 Å². The number of aromatic nitrogens is 5. The number of fused-ring (bicyclic) bond motifs is 1. The number of benzene rings is 1. The van der Waals surface area contributed by atoms with Crippen LogP contribution in [0.4, 0.5) is 11.6 Å². The molecule has 0 spiro atoms. The summed E-state index contributed by atoms with van der Waals surface area (Å²) in [5, 5.41) is 16.9. The molecule has 1 N–H and O–H groups in total. The maximum absolute atomic E-state index is 9.33. The van der Waals surface area contributed by atoms with Crippen LogP contribution in [0.5, 0.6) is 5.88 Å². The van der Waals surface area contributed by atoms with Crippen molar-refractivity contribution < 1.29 is 4.74 Å². The van der Waals surface area contributed by atoms with E-state index < -0.39 is 5.41 Å². The summed E-state index contributed by atoms with van der Waals surface area (Å²) in [5.41, 5.74) is 3.39. The number of hydrogen-bond donors (Lipinski definition) is 1. The van der Waals surface area contributed by atoms with Crippen LogP contribution in [-0.2, 0) is 5.41 Å². The molecule has 4 aromatic rings. The smallest absolute Gasteiger partial charge is 0.247 e. The molecule has 1 aromatic carbocycles. The number of methoxy groups -OCH3 is 1. The summed E-state index contributed by atoms with van der Waals surface area (Å²) < 4.78 is 6.74. The Labute approximate surface area is 167 Å². The van der Waals surface area contributed by atoms with E-state index in [-0.39, 0.29) is 0 Å². The Morgan fingerprint density at radius 1 is 1.10 bits per heavy atom. The van der Waals surface area contributed by atoms with Gasteiger partial charge in [0.15, 0.2) is 5.65 Å². The Morgan fingerprint density at radius 2 is 1.90 bits per heavy atom. The lowest BCUT2D eigenvalue weighted by atomic mass is 9.86. The average molecular weight is 385 g/mol. The summed E-state index contributed by atoms with van der Waals surface area (Å²) in [6.45, 7) is 3.79. The Morgan fingerprint density at radius 3 is 2.55 bits per heavy atom. The molecule has 0 saturated heterocycles. The topological polar surface area (TPSA) is 101 Å². The van der Waals surface area contributed by atoms with Gasteiger partial charge in [-0.15, -0.1) is 5.10 Å². The van der Waals surface area contributed by atoms with Crippen LogP contribution in [0.1, 0.15) is 19.4 Å². The van der Waals surface area contributed by atoms with E-state index in [0.29, 0.717) is 23.2 Å². The minimum absolute atomic E-state index is 0.438. The van der Waals surface area contributed by atoms with Gasteiger partial charge in [-0.1, -0.05) is 24.3 Å². The number of pyridine rings is 1. The van der Waals surface area contributed by atoms with Gasteiger partial charge in [-0.25, -0.2) is 9.50 Å². The molecule has 0 atom stereocenters. The predicted octanol–water partition coefficient (Wildman–Crippen LogP) is 3.74. The van der Waals surface area contributed by atoms with Crippen molar-refractivity contribution in [1.29, 1.82) is 5.26 Å². The molecule has 0 aliphatic carbocycles. The molecule has 3 heterocycles. The van der Waals surface area contributed by atoms with Crippen LogP contribution in [0.2, 0.25) is 0 Å². The fourth-order valence-corrected chi connectivity index (χ4v) is 2.89. The molecule has 0 aliphatic rings. The third-order valence-electron chi connectivity index (χ3n) is 4.62. The molecule has 4 rings (SSSR count). The number of rotatable bonds is 5. The van der Waals surface area contributed by atoms with E-state index in [0.717, 1.165) is 16.8 Å². The molecule has 0 unspecified atom stereocenters. The largest absolute Gasteiger partial charge is 0.481 e. The standard InChI is InChI=1S/C21H19N7O/c1-21(2,13-22)15-6-4-14(5-7-15)18-19-26-20(27-28(19)11-10-23-18)25-16-8-9-17(29-3)24-12-16/h4-12H,1-3H3,(H,25,27). The highest BCUT2D eigenvalue weighted by Crippen LogP contribution is 2.27. The van der Waals surface area contributed by atoms with Gasteiger partial charge < -0.3 is 10.1 Å². The zero-order valence-electron chi connectivity index (χ0n) is 16.3. The number of nitriles is 1. The fraction of sp³-hybridized carbons (Fsp3) is 0.190. The maximum atomic E-state index is 9.33. The molecule has 29 heavy (non-hydrogen) atoms. The Balaban J connectivity index is 1.66. The van der Waals surface area contributed by atoms with Gasteiger partial charge in [0.05, 0.1) is 30.5 Å². The number of hydrogen-bond acceptors (Lipinski definition) is 7. The van der Waals surface area contributed by atoms with Crippen LogP contribution in [-0.4, -0.2) is 31.7 Å². The number of nitrogens with zero attached hydrogens (tertiary/aromatic N) is 6.